The highest BCUT2D eigenvalue weighted by Crippen LogP contribution is 2.17. The first-order chi connectivity index (χ1) is 10.5. The Morgan fingerprint density at radius 2 is 1.95 bits per heavy atom. The van der Waals surface area contributed by atoms with Crippen molar-refractivity contribution in [3.05, 3.63) is 35.6 Å². The van der Waals surface area contributed by atoms with Crippen LogP contribution in [0.25, 0.3) is 0 Å². The zero-order valence-electron chi connectivity index (χ0n) is 12.8. The van der Waals surface area contributed by atoms with Crippen LogP contribution in [0.1, 0.15) is 25.3 Å². The molecule has 1 aromatic carbocycles. The molecule has 1 aromatic rings. The van der Waals surface area contributed by atoms with Crippen molar-refractivity contribution in [2.75, 3.05) is 24.6 Å². The average molecular weight is 324 g/mol. The van der Waals surface area contributed by atoms with E-state index in [1.165, 1.54) is 12.1 Å². The number of amides is 2. The van der Waals surface area contributed by atoms with Gasteiger partial charge >= 0.3 is 0 Å². The molecule has 2 unspecified atom stereocenters. The van der Waals surface area contributed by atoms with Gasteiger partial charge in [-0.15, -0.1) is 0 Å². The molecule has 4 nitrogen and oxygen atoms in total. The first-order valence-corrected chi connectivity index (χ1v) is 8.57. The predicted octanol–water partition coefficient (Wildman–Crippen LogP) is 2.01. The van der Waals surface area contributed by atoms with E-state index in [1.54, 1.807) is 30.9 Å². The van der Waals surface area contributed by atoms with Gasteiger partial charge in [0.25, 0.3) is 0 Å². The maximum Gasteiger partial charge on any atom is 0.244 e. The molecule has 0 bridgehead atoms. The molecule has 120 valence electrons. The van der Waals surface area contributed by atoms with E-state index in [2.05, 4.69) is 5.32 Å². The highest BCUT2D eigenvalue weighted by molar-refractivity contribution is 7.99. The van der Waals surface area contributed by atoms with Gasteiger partial charge in [0.05, 0.1) is 5.92 Å². The van der Waals surface area contributed by atoms with E-state index >= 15 is 0 Å². The van der Waals surface area contributed by atoms with E-state index in [4.69, 9.17) is 0 Å². The minimum atomic E-state index is -0.563. The van der Waals surface area contributed by atoms with E-state index in [1.807, 2.05) is 11.8 Å². The van der Waals surface area contributed by atoms with Gasteiger partial charge < -0.3 is 10.2 Å². The predicted molar refractivity (Wildman–Crippen MR) is 86.3 cm³/mol. The van der Waals surface area contributed by atoms with Crippen LogP contribution in [0.3, 0.4) is 0 Å². The van der Waals surface area contributed by atoms with Gasteiger partial charge in [0.1, 0.15) is 11.9 Å². The van der Waals surface area contributed by atoms with Gasteiger partial charge in [0, 0.05) is 24.6 Å². The fourth-order valence-corrected chi connectivity index (χ4v) is 3.29. The normalized spacial score (nSPS) is 17.7. The summed E-state index contributed by atoms with van der Waals surface area (Å²) < 4.78 is 13.2. The van der Waals surface area contributed by atoms with Crippen LogP contribution in [0.15, 0.2) is 24.3 Å². The van der Waals surface area contributed by atoms with Crippen LogP contribution in [0.5, 0.6) is 0 Å². The summed E-state index contributed by atoms with van der Waals surface area (Å²) in [6, 6.07) is 5.41. The molecule has 1 N–H and O–H groups in total. The van der Waals surface area contributed by atoms with Crippen LogP contribution >= 0.6 is 11.8 Å². The summed E-state index contributed by atoms with van der Waals surface area (Å²) in [5, 5.41) is 2.74. The Balaban J connectivity index is 1.94. The zero-order valence-corrected chi connectivity index (χ0v) is 13.7. The molecular weight excluding hydrogens is 303 g/mol. The monoisotopic (exact) mass is 324 g/mol. The topological polar surface area (TPSA) is 49.4 Å². The van der Waals surface area contributed by atoms with E-state index in [9.17, 15) is 14.0 Å². The van der Waals surface area contributed by atoms with Crippen molar-refractivity contribution in [2.45, 2.75) is 25.8 Å². The summed E-state index contributed by atoms with van der Waals surface area (Å²) in [6.45, 7) is 4.85. The summed E-state index contributed by atoms with van der Waals surface area (Å²) in [5.74, 6) is 0.686. The number of carbonyl (C=O) groups excluding carboxylic acids is 2. The molecule has 0 aliphatic carbocycles. The zero-order chi connectivity index (χ0) is 16.1. The number of nitrogens with zero attached hydrogens (tertiary/aromatic N) is 1. The fraction of sp³-hybridized carbons (Fsp3) is 0.500. The molecule has 0 saturated carbocycles. The lowest BCUT2D eigenvalue weighted by Crippen LogP contribution is -2.50. The van der Waals surface area contributed by atoms with Gasteiger partial charge in [-0.3, -0.25) is 9.59 Å². The van der Waals surface area contributed by atoms with Crippen molar-refractivity contribution in [1.82, 2.24) is 10.2 Å². The quantitative estimate of drug-likeness (QED) is 0.922. The van der Waals surface area contributed by atoms with Gasteiger partial charge in [-0.25, -0.2) is 4.39 Å². The van der Waals surface area contributed by atoms with Crippen molar-refractivity contribution in [2.24, 2.45) is 0 Å². The van der Waals surface area contributed by atoms with Crippen molar-refractivity contribution < 1.29 is 14.0 Å². The summed E-state index contributed by atoms with van der Waals surface area (Å²) in [5.41, 5.74) is 0.603. The number of carbonyl (C=O) groups is 2. The van der Waals surface area contributed by atoms with Crippen LogP contribution in [0, 0.1) is 5.82 Å². The summed E-state index contributed by atoms with van der Waals surface area (Å²) in [7, 11) is 0. The minimum Gasteiger partial charge on any atom is -0.344 e. The second-order valence-electron chi connectivity index (χ2n) is 5.44. The number of rotatable bonds is 4. The Morgan fingerprint density at radius 3 is 2.59 bits per heavy atom. The number of thioether (sulfide) groups is 1. The molecule has 1 aliphatic rings. The molecule has 1 aliphatic heterocycles. The molecule has 6 heteroatoms. The number of nitrogens with one attached hydrogen (secondary N) is 1. The first kappa shape index (κ1) is 16.8. The number of halogens is 1. The molecule has 0 spiro atoms. The SMILES string of the molecule is CC(NC(=O)C(C)c1cccc(F)c1)C(=O)N1CCSCC1. The van der Waals surface area contributed by atoms with Gasteiger partial charge in [-0.2, -0.15) is 11.8 Å². The average Bonchev–Trinajstić information content (AvgIpc) is 2.54. The molecule has 22 heavy (non-hydrogen) atoms. The minimum absolute atomic E-state index is 0.0555. The van der Waals surface area contributed by atoms with Crippen LogP contribution in [-0.2, 0) is 9.59 Å². The number of hydrogen-bond donors (Lipinski definition) is 1. The Hall–Kier alpha value is -1.56. The van der Waals surface area contributed by atoms with Crippen molar-refractivity contribution in [1.29, 1.82) is 0 Å². The molecule has 1 heterocycles. The molecule has 1 saturated heterocycles. The lowest BCUT2D eigenvalue weighted by Gasteiger charge is -2.29. The van der Waals surface area contributed by atoms with Crippen LogP contribution < -0.4 is 5.32 Å². The Labute approximate surface area is 134 Å². The maximum absolute atomic E-state index is 13.2. The Morgan fingerprint density at radius 1 is 1.27 bits per heavy atom. The van der Waals surface area contributed by atoms with E-state index in [0.717, 1.165) is 24.6 Å². The third-order valence-electron chi connectivity index (χ3n) is 3.79. The molecular formula is C16H21FN2O2S. The van der Waals surface area contributed by atoms with Gasteiger partial charge in [-0.05, 0) is 31.5 Å². The summed E-state index contributed by atoms with van der Waals surface area (Å²) in [4.78, 5) is 26.3. The van der Waals surface area contributed by atoms with Gasteiger partial charge in [-0.1, -0.05) is 12.1 Å². The Bertz CT molecular complexity index is 547. The highest BCUT2D eigenvalue weighted by Gasteiger charge is 2.25. The van der Waals surface area contributed by atoms with E-state index in [-0.39, 0.29) is 17.6 Å². The molecule has 0 aromatic heterocycles. The fourth-order valence-electron chi connectivity index (χ4n) is 2.39. The number of hydrogen-bond acceptors (Lipinski definition) is 3. The van der Waals surface area contributed by atoms with E-state index < -0.39 is 12.0 Å². The van der Waals surface area contributed by atoms with Crippen molar-refractivity contribution in [3.63, 3.8) is 0 Å². The van der Waals surface area contributed by atoms with Crippen LogP contribution in [-0.4, -0.2) is 47.4 Å². The van der Waals surface area contributed by atoms with Crippen LogP contribution in [0.4, 0.5) is 4.39 Å². The lowest BCUT2D eigenvalue weighted by atomic mass is 10.00. The largest absolute Gasteiger partial charge is 0.344 e. The lowest BCUT2D eigenvalue weighted by molar-refractivity contribution is -0.135. The highest BCUT2D eigenvalue weighted by atomic mass is 32.2. The molecule has 2 rings (SSSR count). The maximum atomic E-state index is 13.2. The smallest absolute Gasteiger partial charge is 0.244 e. The summed E-state index contributed by atoms with van der Waals surface area (Å²) >= 11 is 1.83. The number of benzene rings is 1. The molecule has 1 fully saturated rings. The standard InChI is InChI=1S/C16H21FN2O2S/c1-11(13-4-3-5-14(17)10-13)15(20)18-12(2)16(21)19-6-8-22-9-7-19/h3-5,10-12H,6-9H2,1-2H3,(H,18,20). The van der Waals surface area contributed by atoms with Crippen molar-refractivity contribution >= 4 is 23.6 Å². The van der Waals surface area contributed by atoms with E-state index in [0.29, 0.717) is 5.56 Å². The molecule has 2 amide bonds. The third kappa shape index (κ3) is 4.22. The molecule has 2 atom stereocenters. The second-order valence-corrected chi connectivity index (χ2v) is 6.67. The third-order valence-corrected chi connectivity index (χ3v) is 4.74. The van der Waals surface area contributed by atoms with Crippen molar-refractivity contribution in [3.8, 4) is 0 Å². The van der Waals surface area contributed by atoms with Gasteiger partial charge in [0.2, 0.25) is 11.8 Å². The Kier molecular flexibility index (Phi) is 5.83. The van der Waals surface area contributed by atoms with Gasteiger partial charge in [0.15, 0.2) is 0 Å². The summed E-state index contributed by atoms with van der Waals surface area (Å²) in [6.07, 6.45) is 0. The first-order valence-electron chi connectivity index (χ1n) is 7.41. The van der Waals surface area contributed by atoms with Crippen LogP contribution in [0.2, 0.25) is 0 Å². The second kappa shape index (κ2) is 7.63. The molecule has 0 radical (unpaired) electrons.